The fraction of sp³-hybridized carbons (Fsp3) is 0.133. The number of amides is 1. The Morgan fingerprint density at radius 2 is 1.85 bits per heavy atom. The number of hydrogen-bond donors (Lipinski definition) is 1. The molecule has 1 N–H and O–H groups in total. The molecule has 0 saturated carbocycles. The molecule has 5 heteroatoms. The molecule has 2 nitrogen and oxygen atoms in total. The van der Waals surface area contributed by atoms with E-state index in [0.29, 0.717) is 11.9 Å². The molecule has 0 bridgehead atoms. The quantitative estimate of drug-likeness (QED) is 0.857. The van der Waals surface area contributed by atoms with Crippen LogP contribution in [-0.4, -0.2) is 5.91 Å². The van der Waals surface area contributed by atoms with Crippen LogP contribution in [0.1, 0.15) is 21.5 Å². The number of nitrogens with one attached hydrogen (secondary N) is 1. The van der Waals surface area contributed by atoms with Gasteiger partial charge in [0.05, 0.1) is 5.56 Å². The summed E-state index contributed by atoms with van der Waals surface area (Å²) in [7, 11) is 0. The van der Waals surface area contributed by atoms with Crippen LogP contribution in [0.2, 0.25) is 0 Å². The molecular formula is C15H12ClF2NO. The van der Waals surface area contributed by atoms with E-state index >= 15 is 0 Å². The summed E-state index contributed by atoms with van der Waals surface area (Å²) in [6.07, 6.45) is 0. The molecule has 20 heavy (non-hydrogen) atoms. The summed E-state index contributed by atoms with van der Waals surface area (Å²) in [4.78, 5) is 11.8. The first-order valence-corrected chi connectivity index (χ1v) is 6.50. The molecule has 0 unspecified atom stereocenters. The predicted molar refractivity (Wildman–Crippen MR) is 73.5 cm³/mol. The van der Waals surface area contributed by atoms with Crippen molar-refractivity contribution in [3.63, 3.8) is 0 Å². The highest BCUT2D eigenvalue weighted by atomic mass is 35.5. The zero-order valence-corrected chi connectivity index (χ0v) is 11.3. The molecule has 0 radical (unpaired) electrons. The zero-order chi connectivity index (χ0) is 14.5. The van der Waals surface area contributed by atoms with Gasteiger partial charge in [-0.1, -0.05) is 24.3 Å². The van der Waals surface area contributed by atoms with Crippen molar-refractivity contribution >= 4 is 17.5 Å². The summed E-state index contributed by atoms with van der Waals surface area (Å²) in [5.41, 5.74) is 1.62. The van der Waals surface area contributed by atoms with Gasteiger partial charge in [-0.25, -0.2) is 8.78 Å². The first-order chi connectivity index (χ1) is 9.60. The maximum Gasteiger partial charge on any atom is 0.254 e. The Hall–Kier alpha value is -1.94. The van der Waals surface area contributed by atoms with Crippen LogP contribution in [0.3, 0.4) is 0 Å². The van der Waals surface area contributed by atoms with E-state index < -0.39 is 17.5 Å². The summed E-state index contributed by atoms with van der Waals surface area (Å²) in [6, 6.07) is 10.2. The minimum absolute atomic E-state index is 0.181. The highest BCUT2D eigenvalue weighted by molar-refractivity contribution is 6.17. The summed E-state index contributed by atoms with van der Waals surface area (Å²) >= 11 is 5.72. The second-order valence-electron chi connectivity index (χ2n) is 4.26. The highest BCUT2D eigenvalue weighted by Crippen LogP contribution is 2.11. The second kappa shape index (κ2) is 6.48. The van der Waals surface area contributed by atoms with Gasteiger partial charge in [0, 0.05) is 18.5 Å². The molecule has 0 aromatic heterocycles. The number of rotatable bonds is 4. The molecule has 2 aromatic rings. The normalized spacial score (nSPS) is 10.3. The number of halogens is 3. The molecule has 0 aliphatic heterocycles. The van der Waals surface area contributed by atoms with Gasteiger partial charge in [0.15, 0.2) is 0 Å². The highest BCUT2D eigenvalue weighted by Gasteiger charge is 2.12. The van der Waals surface area contributed by atoms with E-state index in [1.54, 1.807) is 0 Å². The summed E-state index contributed by atoms with van der Waals surface area (Å²) in [6.45, 7) is 0.250. The van der Waals surface area contributed by atoms with Crippen molar-refractivity contribution < 1.29 is 13.6 Å². The Morgan fingerprint density at radius 1 is 1.10 bits per heavy atom. The van der Waals surface area contributed by atoms with E-state index in [2.05, 4.69) is 5.32 Å². The van der Waals surface area contributed by atoms with Crippen LogP contribution >= 0.6 is 11.6 Å². The average molecular weight is 296 g/mol. The van der Waals surface area contributed by atoms with Crippen molar-refractivity contribution in [2.24, 2.45) is 0 Å². The minimum Gasteiger partial charge on any atom is -0.348 e. The van der Waals surface area contributed by atoms with Crippen molar-refractivity contribution in [2.75, 3.05) is 0 Å². The lowest BCUT2D eigenvalue weighted by molar-refractivity contribution is 0.0947. The largest absolute Gasteiger partial charge is 0.348 e. The van der Waals surface area contributed by atoms with Gasteiger partial charge in [-0.3, -0.25) is 4.79 Å². The van der Waals surface area contributed by atoms with Gasteiger partial charge >= 0.3 is 0 Å². The van der Waals surface area contributed by atoms with Crippen molar-refractivity contribution in [1.29, 1.82) is 0 Å². The number of alkyl halides is 1. The summed E-state index contributed by atoms with van der Waals surface area (Å²) < 4.78 is 26.2. The van der Waals surface area contributed by atoms with E-state index in [9.17, 15) is 13.6 Å². The van der Waals surface area contributed by atoms with Crippen molar-refractivity contribution in [3.05, 3.63) is 70.8 Å². The first-order valence-electron chi connectivity index (χ1n) is 5.97. The lowest BCUT2D eigenvalue weighted by Gasteiger charge is -2.07. The van der Waals surface area contributed by atoms with Crippen LogP contribution in [0.4, 0.5) is 8.78 Å². The van der Waals surface area contributed by atoms with Gasteiger partial charge in [-0.05, 0) is 23.3 Å². The average Bonchev–Trinajstić information content (AvgIpc) is 2.45. The monoisotopic (exact) mass is 295 g/mol. The van der Waals surface area contributed by atoms with Crippen LogP contribution in [0.25, 0.3) is 0 Å². The standard InChI is InChI=1S/C15H12ClF2NO/c16-8-10-2-1-3-11(6-10)9-19-15(20)13-5-4-12(17)7-14(13)18/h1-7H,8-9H2,(H,19,20). The Morgan fingerprint density at radius 3 is 2.55 bits per heavy atom. The molecule has 0 fully saturated rings. The fourth-order valence-electron chi connectivity index (χ4n) is 1.77. The number of hydrogen-bond acceptors (Lipinski definition) is 1. The maximum absolute atomic E-state index is 13.4. The third-order valence-corrected chi connectivity index (χ3v) is 3.08. The minimum atomic E-state index is -0.878. The van der Waals surface area contributed by atoms with Crippen LogP contribution in [-0.2, 0) is 12.4 Å². The van der Waals surface area contributed by atoms with E-state index in [1.807, 2.05) is 24.3 Å². The molecule has 0 aliphatic carbocycles. The van der Waals surface area contributed by atoms with E-state index in [4.69, 9.17) is 11.6 Å². The SMILES string of the molecule is O=C(NCc1cccc(CCl)c1)c1ccc(F)cc1F. The fourth-order valence-corrected chi connectivity index (χ4v) is 1.94. The first kappa shape index (κ1) is 14.5. The molecule has 0 aliphatic rings. The molecule has 0 atom stereocenters. The van der Waals surface area contributed by atoms with Crippen molar-refractivity contribution in [1.82, 2.24) is 5.32 Å². The predicted octanol–water partition coefficient (Wildman–Crippen LogP) is 3.63. The van der Waals surface area contributed by atoms with Crippen molar-refractivity contribution in [3.8, 4) is 0 Å². The Balaban J connectivity index is 2.04. The van der Waals surface area contributed by atoms with Crippen LogP contribution in [0, 0.1) is 11.6 Å². The smallest absolute Gasteiger partial charge is 0.254 e. The topological polar surface area (TPSA) is 29.1 Å². The number of carbonyl (C=O) groups excluding carboxylic acids is 1. The van der Waals surface area contributed by atoms with E-state index in [-0.39, 0.29) is 12.1 Å². The van der Waals surface area contributed by atoms with Crippen molar-refractivity contribution in [2.45, 2.75) is 12.4 Å². The molecule has 2 rings (SSSR count). The van der Waals surface area contributed by atoms with Gasteiger partial charge in [0.2, 0.25) is 0 Å². The van der Waals surface area contributed by atoms with Crippen LogP contribution < -0.4 is 5.32 Å². The van der Waals surface area contributed by atoms with E-state index in [0.717, 1.165) is 23.3 Å². The Labute approximate surface area is 120 Å². The van der Waals surface area contributed by atoms with E-state index in [1.165, 1.54) is 0 Å². The molecule has 104 valence electrons. The molecule has 0 heterocycles. The zero-order valence-electron chi connectivity index (χ0n) is 10.5. The third kappa shape index (κ3) is 3.54. The van der Waals surface area contributed by atoms with Gasteiger partial charge < -0.3 is 5.32 Å². The number of carbonyl (C=O) groups is 1. The van der Waals surface area contributed by atoms with Crippen LogP contribution in [0.5, 0.6) is 0 Å². The molecule has 0 saturated heterocycles. The summed E-state index contributed by atoms with van der Waals surface area (Å²) in [5, 5.41) is 2.58. The van der Waals surface area contributed by atoms with Crippen LogP contribution in [0.15, 0.2) is 42.5 Å². The maximum atomic E-state index is 13.4. The van der Waals surface area contributed by atoms with Gasteiger partial charge in [-0.2, -0.15) is 0 Å². The molecule has 1 amide bonds. The van der Waals surface area contributed by atoms with Gasteiger partial charge in [0.25, 0.3) is 5.91 Å². The third-order valence-electron chi connectivity index (χ3n) is 2.77. The van der Waals surface area contributed by atoms with Gasteiger partial charge in [-0.15, -0.1) is 11.6 Å². The number of benzene rings is 2. The second-order valence-corrected chi connectivity index (χ2v) is 4.53. The lowest BCUT2D eigenvalue weighted by atomic mass is 10.1. The Bertz CT molecular complexity index is 631. The molecule has 2 aromatic carbocycles. The Kier molecular flexibility index (Phi) is 4.69. The molecule has 0 spiro atoms. The lowest BCUT2D eigenvalue weighted by Crippen LogP contribution is -2.23. The summed E-state index contributed by atoms with van der Waals surface area (Å²) in [5.74, 6) is -1.79. The molecular weight excluding hydrogens is 284 g/mol. The van der Waals surface area contributed by atoms with Gasteiger partial charge in [0.1, 0.15) is 11.6 Å².